The molecule has 0 aromatic heterocycles. The number of carbonyl (C=O) groups is 1. The second-order valence-electron chi connectivity index (χ2n) is 12.9. The van der Waals surface area contributed by atoms with Crippen LogP contribution in [0.2, 0.25) is 0 Å². The first-order chi connectivity index (χ1) is 22.4. The van der Waals surface area contributed by atoms with Gasteiger partial charge in [0, 0.05) is 73.0 Å². The lowest BCUT2D eigenvalue weighted by molar-refractivity contribution is 0.0250. The first-order valence-electron chi connectivity index (χ1n) is 18.2. The Morgan fingerprint density at radius 3 is 1.50 bits per heavy atom. The van der Waals surface area contributed by atoms with Crippen LogP contribution < -0.4 is 14.7 Å². The maximum atomic E-state index is 14.0. The molecule has 0 saturated heterocycles. The second kappa shape index (κ2) is 16.9. The highest BCUT2D eigenvalue weighted by molar-refractivity contribution is 5.97. The fourth-order valence-electron chi connectivity index (χ4n) is 6.89. The van der Waals surface area contributed by atoms with Gasteiger partial charge in [-0.25, -0.2) is 4.79 Å². The number of hydrogen-bond acceptors (Lipinski definition) is 5. The van der Waals surface area contributed by atoms with Crippen molar-refractivity contribution >= 4 is 23.0 Å². The van der Waals surface area contributed by atoms with Crippen molar-refractivity contribution in [1.29, 1.82) is 0 Å². The number of cyclic esters (lactones) is 1. The summed E-state index contributed by atoms with van der Waals surface area (Å²) in [5, 5.41) is 0. The molecule has 0 fully saturated rings. The molecule has 4 rings (SSSR count). The van der Waals surface area contributed by atoms with Crippen molar-refractivity contribution in [3.63, 3.8) is 0 Å². The third kappa shape index (κ3) is 7.56. The molecular formula is C41H59N3O2. The molecule has 0 amide bonds. The zero-order valence-corrected chi connectivity index (χ0v) is 29.8. The summed E-state index contributed by atoms with van der Waals surface area (Å²) in [6, 6.07) is 22.0. The molecule has 250 valence electrons. The van der Waals surface area contributed by atoms with Crippen molar-refractivity contribution in [1.82, 2.24) is 0 Å². The Morgan fingerprint density at radius 2 is 1.02 bits per heavy atom. The summed E-state index contributed by atoms with van der Waals surface area (Å²) in [6.45, 7) is 21.5. The van der Waals surface area contributed by atoms with Gasteiger partial charge in [-0.3, -0.25) is 0 Å². The van der Waals surface area contributed by atoms with E-state index in [4.69, 9.17) is 4.74 Å². The van der Waals surface area contributed by atoms with Crippen LogP contribution in [0.1, 0.15) is 126 Å². The lowest BCUT2D eigenvalue weighted by Crippen LogP contribution is -2.31. The van der Waals surface area contributed by atoms with Gasteiger partial charge in [-0.05, 0) is 88.4 Å². The smallest absolute Gasteiger partial charge is 0.340 e. The predicted molar refractivity (Wildman–Crippen MR) is 197 cm³/mol. The first kappa shape index (κ1) is 35.4. The van der Waals surface area contributed by atoms with Crippen LogP contribution in [0.4, 0.5) is 17.1 Å². The number of rotatable bonds is 19. The summed E-state index contributed by atoms with van der Waals surface area (Å²) in [7, 11) is 0. The Hall–Kier alpha value is -3.47. The van der Waals surface area contributed by atoms with Crippen LogP contribution in [0.5, 0.6) is 0 Å². The number of esters is 1. The monoisotopic (exact) mass is 625 g/mol. The Labute approximate surface area is 279 Å². The molecule has 46 heavy (non-hydrogen) atoms. The largest absolute Gasteiger partial charge is 0.441 e. The fraction of sp³-hybridized carbons (Fsp3) is 0.537. The topological polar surface area (TPSA) is 36.0 Å². The molecule has 0 bridgehead atoms. The molecule has 5 nitrogen and oxygen atoms in total. The molecule has 0 spiro atoms. The van der Waals surface area contributed by atoms with Crippen LogP contribution in [0, 0.1) is 6.92 Å². The van der Waals surface area contributed by atoms with Gasteiger partial charge in [-0.1, -0.05) is 77.6 Å². The predicted octanol–water partition coefficient (Wildman–Crippen LogP) is 10.1. The van der Waals surface area contributed by atoms with Crippen molar-refractivity contribution in [3.05, 3.63) is 88.5 Å². The summed E-state index contributed by atoms with van der Waals surface area (Å²) < 4.78 is 6.67. The zero-order valence-electron chi connectivity index (χ0n) is 29.8. The lowest BCUT2D eigenvalue weighted by Gasteiger charge is -2.33. The van der Waals surface area contributed by atoms with E-state index < -0.39 is 5.60 Å². The van der Waals surface area contributed by atoms with Gasteiger partial charge in [-0.2, -0.15) is 0 Å². The lowest BCUT2D eigenvalue weighted by atomic mass is 9.78. The Morgan fingerprint density at radius 1 is 0.565 bits per heavy atom. The highest BCUT2D eigenvalue weighted by Gasteiger charge is 2.49. The van der Waals surface area contributed by atoms with E-state index in [2.05, 4.69) is 124 Å². The van der Waals surface area contributed by atoms with Gasteiger partial charge in [0.2, 0.25) is 0 Å². The fourth-order valence-corrected chi connectivity index (χ4v) is 6.89. The van der Waals surface area contributed by atoms with Crippen LogP contribution in [0.3, 0.4) is 0 Å². The number of benzene rings is 3. The van der Waals surface area contributed by atoms with E-state index in [1.54, 1.807) is 0 Å². The highest BCUT2D eigenvalue weighted by Crippen LogP contribution is 2.49. The number of hydrogen-bond donors (Lipinski definition) is 0. The molecule has 3 aromatic rings. The van der Waals surface area contributed by atoms with E-state index >= 15 is 0 Å². The summed E-state index contributed by atoms with van der Waals surface area (Å²) in [6.07, 6.45) is 9.26. The minimum atomic E-state index is -1.01. The number of unbranched alkanes of at least 4 members (excludes halogenated alkanes) is 4. The van der Waals surface area contributed by atoms with Gasteiger partial charge in [0.05, 0.1) is 5.56 Å². The summed E-state index contributed by atoms with van der Waals surface area (Å²) in [5.41, 5.74) is 7.29. The third-order valence-corrected chi connectivity index (χ3v) is 9.70. The van der Waals surface area contributed by atoms with Crippen LogP contribution in [-0.2, 0) is 10.3 Å². The molecular weight excluding hydrogens is 566 g/mol. The van der Waals surface area contributed by atoms with Crippen molar-refractivity contribution < 1.29 is 9.53 Å². The quantitative estimate of drug-likeness (QED) is 0.124. The standard InChI is InChI=1S/C41H59N3O2/c1-8-14-26-43(27-15-9-2)34-20-18-33(19-21-34)41(38-24-22-35(30-32(38)7)42(12-5)13-6)39-25-23-36(31-37(39)40(45)46-41)44(28-16-10-3)29-17-11-4/h18-25,30-31H,8-17,26-29H2,1-7H3. The molecule has 0 aliphatic carbocycles. The first-order valence-corrected chi connectivity index (χ1v) is 18.2. The minimum Gasteiger partial charge on any atom is -0.441 e. The van der Waals surface area contributed by atoms with Crippen molar-refractivity contribution in [2.24, 2.45) is 0 Å². The van der Waals surface area contributed by atoms with Crippen molar-refractivity contribution in [3.8, 4) is 0 Å². The Balaban J connectivity index is 1.86. The van der Waals surface area contributed by atoms with Gasteiger partial charge in [0.1, 0.15) is 0 Å². The van der Waals surface area contributed by atoms with E-state index in [1.165, 1.54) is 37.1 Å². The Bertz CT molecular complexity index is 1380. The number of fused-ring (bicyclic) bond motifs is 1. The molecule has 3 aromatic carbocycles. The maximum absolute atomic E-state index is 14.0. The molecule has 1 heterocycles. The summed E-state index contributed by atoms with van der Waals surface area (Å²) >= 11 is 0. The van der Waals surface area contributed by atoms with Gasteiger partial charge >= 0.3 is 5.97 Å². The van der Waals surface area contributed by atoms with Crippen LogP contribution in [0.25, 0.3) is 0 Å². The number of carbonyl (C=O) groups excluding carboxylic acids is 1. The van der Waals surface area contributed by atoms with E-state index in [9.17, 15) is 4.79 Å². The molecule has 1 aliphatic rings. The van der Waals surface area contributed by atoms with Crippen LogP contribution in [-0.4, -0.2) is 45.2 Å². The third-order valence-electron chi connectivity index (χ3n) is 9.70. The van der Waals surface area contributed by atoms with E-state index in [0.29, 0.717) is 5.56 Å². The van der Waals surface area contributed by atoms with Gasteiger partial charge < -0.3 is 19.4 Å². The summed E-state index contributed by atoms with van der Waals surface area (Å²) in [5.74, 6) is -0.244. The average Bonchev–Trinajstić information content (AvgIpc) is 3.37. The number of nitrogens with zero attached hydrogens (tertiary/aromatic N) is 3. The van der Waals surface area contributed by atoms with Crippen molar-refractivity contribution in [2.45, 2.75) is 105 Å². The molecule has 1 atom stereocenters. The van der Waals surface area contributed by atoms with Crippen LogP contribution in [0.15, 0.2) is 60.7 Å². The average molecular weight is 626 g/mol. The molecule has 5 heteroatoms. The molecule has 0 radical (unpaired) electrons. The number of aryl methyl sites for hydroxylation is 1. The minimum absolute atomic E-state index is 0.244. The van der Waals surface area contributed by atoms with Gasteiger partial charge in [-0.15, -0.1) is 0 Å². The SMILES string of the molecule is CCCCN(CCCC)c1ccc(C2(c3ccc(N(CC)CC)cc3C)OC(=O)c3cc(N(CCCC)CCCC)ccc32)cc1. The van der Waals surface area contributed by atoms with Crippen LogP contribution >= 0.6 is 0 Å². The Kier molecular flexibility index (Phi) is 13.0. The van der Waals surface area contributed by atoms with E-state index in [1.807, 2.05) is 0 Å². The maximum Gasteiger partial charge on any atom is 0.340 e. The second-order valence-corrected chi connectivity index (χ2v) is 12.9. The molecule has 0 N–H and O–H groups in total. The number of anilines is 3. The van der Waals surface area contributed by atoms with E-state index in [0.717, 1.165) is 92.9 Å². The van der Waals surface area contributed by atoms with Crippen molar-refractivity contribution in [2.75, 3.05) is 54.0 Å². The van der Waals surface area contributed by atoms with Gasteiger partial charge in [0.15, 0.2) is 5.60 Å². The molecule has 0 saturated carbocycles. The number of ether oxygens (including phenoxy) is 1. The highest BCUT2D eigenvalue weighted by atomic mass is 16.6. The van der Waals surface area contributed by atoms with Gasteiger partial charge in [0.25, 0.3) is 0 Å². The zero-order chi connectivity index (χ0) is 33.1. The van der Waals surface area contributed by atoms with E-state index in [-0.39, 0.29) is 5.97 Å². The summed E-state index contributed by atoms with van der Waals surface area (Å²) in [4.78, 5) is 21.3. The normalized spacial score (nSPS) is 15.5. The molecule has 1 unspecified atom stereocenters. The molecule has 1 aliphatic heterocycles.